The second kappa shape index (κ2) is 12.8. The molecule has 0 aliphatic rings. The molecule has 0 saturated carbocycles. The fourth-order valence-electron chi connectivity index (χ4n) is 3.01. The summed E-state index contributed by atoms with van der Waals surface area (Å²) in [4.78, 5) is 12.6. The Hall–Kier alpha value is -2.55. The number of hydrogen-bond donors (Lipinski definition) is 1. The van der Waals surface area contributed by atoms with Gasteiger partial charge in [-0.05, 0) is 66.2 Å². The number of benzene rings is 3. The Bertz CT molecular complexity index is 1190. The van der Waals surface area contributed by atoms with Crippen molar-refractivity contribution in [2.24, 2.45) is 5.10 Å². The molecule has 0 unspecified atom stereocenters. The fraction of sp³-hybridized carbons (Fsp3) is 0.200. The maximum atomic E-state index is 12.6. The van der Waals surface area contributed by atoms with E-state index in [9.17, 15) is 4.79 Å². The maximum absolute atomic E-state index is 12.6. The average Bonchev–Trinajstić information content (AvgIpc) is 2.81. The summed E-state index contributed by atoms with van der Waals surface area (Å²) >= 11 is 13.2. The van der Waals surface area contributed by atoms with E-state index in [4.69, 9.17) is 25.8 Å². The number of halogens is 3. The minimum atomic E-state index is -0.382. The highest BCUT2D eigenvalue weighted by Crippen LogP contribution is 2.33. The second-order valence-corrected chi connectivity index (χ2v) is 9.09. The van der Waals surface area contributed by atoms with E-state index < -0.39 is 0 Å². The number of carbonyl (C=O) groups is 1. The van der Waals surface area contributed by atoms with Gasteiger partial charge in [0.2, 0.25) is 0 Å². The highest BCUT2D eigenvalue weighted by molar-refractivity contribution is 9.11. The van der Waals surface area contributed by atoms with Crippen LogP contribution < -0.4 is 19.6 Å². The minimum absolute atomic E-state index is 0.277. The van der Waals surface area contributed by atoms with E-state index in [-0.39, 0.29) is 12.5 Å². The maximum Gasteiger partial charge on any atom is 0.271 e. The minimum Gasteiger partial charge on any atom is -0.490 e. The first kappa shape index (κ1) is 26.1. The molecule has 0 aliphatic heterocycles. The monoisotopic (exact) mass is 608 g/mol. The number of amides is 1. The van der Waals surface area contributed by atoms with E-state index in [0.717, 1.165) is 14.5 Å². The standard InChI is InChI=1S/C25H23Br2ClN2O4/c1-3-32-22-10-9-16(12-23(22)33-4-2)25(31)30-29-14-18-11-19(26)13-20(27)24(18)34-15-17-7-5-6-8-21(17)28/h5-14H,3-4,15H2,1-2H3,(H,30,31)/b29-14+. The predicted octanol–water partition coefficient (Wildman–Crippen LogP) is 7.01. The van der Waals surface area contributed by atoms with Gasteiger partial charge in [-0.1, -0.05) is 45.7 Å². The van der Waals surface area contributed by atoms with Gasteiger partial charge in [0.25, 0.3) is 5.91 Å². The van der Waals surface area contributed by atoms with Crippen LogP contribution in [0.4, 0.5) is 0 Å². The number of hydrogen-bond acceptors (Lipinski definition) is 5. The highest BCUT2D eigenvalue weighted by Gasteiger charge is 2.13. The Balaban J connectivity index is 1.75. The Morgan fingerprint density at radius 2 is 1.74 bits per heavy atom. The number of ether oxygens (including phenoxy) is 3. The van der Waals surface area contributed by atoms with Crippen LogP contribution in [0.15, 0.2) is 68.6 Å². The van der Waals surface area contributed by atoms with E-state index >= 15 is 0 Å². The lowest BCUT2D eigenvalue weighted by Gasteiger charge is -2.13. The molecule has 0 saturated heterocycles. The summed E-state index contributed by atoms with van der Waals surface area (Å²) in [6, 6.07) is 16.2. The van der Waals surface area contributed by atoms with Crippen LogP contribution >= 0.6 is 43.5 Å². The highest BCUT2D eigenvalue weighted by atomic mass is 79.9. The summed E-state index contributed by atoms with van der Waals surface area (Å²) < 4.78 is 18.7. The molecular formula is C25H23Br2ClN2O4. The molecule has 1 N–H and O–H groups in total. The molecule has 0 spiro atoms. The van der Waals surface area contributed by atoms with Crippen molar-refractivity contribution in [3.8, 4) is 17.2 Å². The van der Waals surface area contributed by atoms with Crippen molar-refractivity contribution in [3.63, 3.8) is 0 Å². The lowest BCUT2D eigenvalue weighted by Crippen LogP contribution is -2.18. The zero-order valence-corrected chi connectivity index (χ0v) is 22.5. The molecule has 6 nitrogen and oxygen atoms in total. The van der Waals surface area contributed by atoms with E-state index in [1.807, 2.05) is 50.2 Å². The Labute approximate surface area is 220 Å². The first-order valence-corrected chi connectivity index (χ1v) is 12.5. The van der Waals surface area contributed by atoms with Gasteiger partial charge in [-0.15, -0.1) is 0 Å². The number of rotatable bonds is 10. The van der Waals surface area contributed by atoms with Crippen molar-refractivity contribution in [1.82, 2.24) is 5.43 Å². The van der Waals surface area contributed by atoms with Crippen LogP contribution in [0, 0.1) is 0 Å². The molecule has 0 aromatic heterocycles. The molecule has 178 valence electrons. The molecule has 9 heteroatoms. The van der Waals surface area contributed by atoms with Crippen molar-refractivity contribution >= 4 is 55.6 Å². The van der Waals surface area contributed by atoms with Crippen LogP contribution in [0.5, 0.6) is 17.2 Å². The molecule has 0 bridgehead atoms. The van der Waals surface area contributed by atoms with Gasteiger partial charge >= 0.3 is 0 Å². The molecule has 1 amide bonds. The number of hydrazone groups is 1. The molecule has 34 heavy (non-hydrogen) atoms. The third-order valence-corrected chi connectivity index (χ3v) is 5.96. The van der Waals surface area contributed by atoms with Crippen molar-refractivity contribution in [2.75, 3.05) is 13.2 Å². The SMILES string of the molecule is CCOc1ccc(C(=O)N/N=C/c2cc(Br)cc(Br)c2OCc2ccccc2Cl)cc1OCC. The molecule has 3 rings (SSSR count). The lowest BCUT2D eigenvalue weighted by atomic mass is 10.2. The van der Waals surface area contributed by atoms with Gasteiger partial charge < -0.3 is 14.2 Å². The smallest absolute Gasteiger partial charge is 0.271 e. The Morgan fingerprint density at radius 3 is 2.47 bits per heavy atom. The molecule has 0 atom stereocenters. The van der Waals surface area contributed by atoms with E-state index in [2.05, 4.69) is 42.4 Å². The number of carbonyl (C=O) groups excluding carboxylic acids is 1. The van der Waals surface area contributed by atoms with E-state index in [1.165, 1.54) is 6.21 Å². The zero-order valence-electron chi connectivity index (χ0n) is 18.6. The third-order valence-electron chi connectivity index (χ3n) is 4.54. The average molecular weight is 611 g/mol. The predicted molar refractivity (Wildman–Crippen MR) is 141 cm³/mol. The van der Waals surface area contributed by atoms with Gasteiger partial charge in [0.15, 0.2) is 11.5 Å². The first-order chi connectivity index (χ1) is 16.4. The van der Waals surface area contributed by atoms with Gasteiger partial charge in [0, 0.05) is 26.2 Å². The van der Waals surface area contributed by atoms with Crippen molar-refractivity contribution < 1.29 is 19.0 Å². The van der Waals surface area contributed by atoms with Gasteiger partial charge in [0.05, 0.1) is 23.9 Å². The van der Waals surface area contributed by atoms with E-state index in [0.29, 0.717) is 46.6 Å². The largest absolute Gasteiger partial charge is 0.490 e. The molecule has 0 aliphatic carbocycles. The summed E-state index contributed by atoms with van der Waals surface area (Å²) in [6.45, 7) is 4.99. The van der Waals surface area contributed by atoms with Crippen molar-refractivity contribution in [2.45, 2.75) is 20.5 Å². The van der Waals surface area contributed by atoms with Gasteiger partial charge in [0.1, 0.15) is 12.4 Å². The van der Waals surface area contributed by atoms with Gasteiger partial charge in [-0.25, -0.2) is 5.43 Å². The topological polar surface area (TPSA) is 69.2 Å². The van der Waals surface area contributed by atoms with Crippen LogP contribution in [0.25, 0.3) is 0 Å². The van der Waals surface area contributed by atoms with E-state index in [1.54, 1.807) is 18.2 Å². The molecule has 0 fully saturated rings. The van der Waals surface area contributed by atoms with Crippen LogP contribution in [-0.4, -0.2) is 25.3 Å². The van der Waals surface area contributed by atoms with Gasteiger partial charge in [-0.2, -0.15) is 5.10 Å². The quantitative estimate of drug-likeness (QED) is 0.198. The van der Waals surface area contributed by atoms with Crippen LogP contribution in [-0.2, 0) is 6.61 Å². The summed E-state index contributed by atoms with van der Waals surface area (Å²) in [5, 5.41) is 4.75. The van der Waals surface area contributed by atoms with Gasteiger partial charge in [-0.3, -0.25) is 4.79 Å². The lowest BCUT2D eigenvalue weighted by molar-refractivity contribution is 0.0954. The number of nitrogens with one attached hydrogen (secondary N) is 1. The molecule has 3 aromatic carbocycles. The van der Waals surface area contributed by atoms with Crippen molar-refractivity contribution in [3.05, 3.63) is 85.3 Å². The Kier molecular flexibility index (Phi) is 9.80. The molecule has 3 aromatic rings. The zero-order chi connectivity index (χ0) is 24.5. The summed E-state index contributed by atoms with van der Waals surface area (Å²) in [7, 11) is 0. The second-order valence-electron chi connectivity index (χ2n) is 6.91. The van der Waals surface area contributed by atoms with Crippen LogP contribution in [0.3, 0.4) is 0 Å². The van der Waals surface area contributed by atoms with Crippen molar-refractivity contribution in [1.29, 1.82) is 0 Å². The third kappa shape index (κ3) is 6.98. The number of nitrogens with zero attached hydrogens (tertiary/aromatic N) is 1. The molecule has 0 radical (unpaired) electrons. The first-order valence-electron chi connectivity index (χ1n) is 10.5. The fourth-order valence-corrected chi connectivity index (χ4v) is 4.57. The van der Waals surface area contributed by atoms with Crippen LogP contribution in [0.1, 0.15) is 35.3 Å². The summed E-state index contributed by atoms with van der Waals surface area (Å²) in [5.74, 6) is 1.28. The molecular weight excluding hydrogens is 588 g/mol. The summed E-state index contributed by atoms with van der Waals surface area (Å²) in [6.07, 6.45) is 1.52. The molecule has 0 heterocycles. The van der Waals surface area contributed by atoms with Crippen LogP contribution in [0.2, 0.25) is 5.02 Å². The normalized spacial score (nSPS) is 10.9. The summed E-state index contributed by atoms with van der Waals surface area (Å²) in [5.41, 5.74) is 4.46. The Morgan fingerprint density at radius 1 is 1.00 bits per heavy atom.